The highest BCUT2D eigenvalue weighted by molar-refractivity contribution is 7.81. The Bertz CT molecular complexity index is 709. The number of nitro benzene ring substituents is 1. The standard InChI is InChI=1S/C15H18N4O6S/c1-16-14(20)9-25-17-13-6-12(26)7-18(13)15(21)24-8-10-2-4-11(5-3-10)19(22)23/h2-5,12,26H,6-9H2,1H3,(H,16,20). The Hall–Kier alpha value is -2.82. The number of ether oxygens (including phenoxy) is 1. The molecule has 140 valence electrons. The zero-order valence-electron chi connectivity index (χ0n) is 14.0. The Morgan fingerprint density at radius 2 is 2.12 bits per heavy atom. The van der Waals surface area contributed by atoms with Crippen LogP contribution in [0.5, 0.6) is 0 Å². The third kappa shape index (κ3) is 5.34. The van der Waals surface area contributed by atoms with E-state index >= 15 is 0 Å². The second kappa shape index (κ2) is 9.04. The number of hydrogen-bond acceptors (Lipinski definition) is 8. The van der Waals surface area contributed by atoms with Crippen LogP contribution >= 0.6 is 12.6 Å². The number of amidine groups is 1. The van der Waals surface area contributed by atoms with Crippen molar-refractivity contribution in [3.8, 4) is 0 Å². The number of oxime groups is 1. The van der Waals surface area contributed by atoms with Crippen molar-refractivity contribution in [3.05, 3.63) is 39.9 Å². The van der Waals surface area contributed by atoms with Crippen LogP contribution in [0.3, 0.4) is 0 Å². The van der Waals surface area contributed by atoms with Gasteiger partial charge in [-0.25, -0.2) is 4.79 Å². The lowest BCUT2D eigenvalue weighted by Gasteiger charge is -2.16. The number of rotatable bonds is 6. The number of nitro groups is 1. The Kier molecular flexibility index (Phi) is 6.78. The van der Waals surface area contributed by atoms with Crippen molar-refractivity contribution in [2.75, 3.05) is 20.2 Å². The van der Waals surface area contributed by atoms with Gasteiger partial charge in [0.1, 0.15) is 6.61 Å². The predicted octanol–water partition coefficient (Wildman–Crippen LogP) is 1.31. The maximum atomic E-state index is 12.2. The number of amides is 2. The minimum atomic E-state index is -0.637. The monoisotopic (exact) mass is 382 g/mol. The van der Waals surface area contributed by atoms with Gasteiger partial charge in [-0.15, -0.1) is 0 Å². The minimum absolute atomic E-state index is 0.0415. The van der Waals surface area contributed by atoms with E-state index in [0.717, 1.165) is 0 Å². The molecule has 1 aliphatic heterocycles. The maximum absolute atomic E-state index is 12.2. The van der Waals surface area contributed by atoms with Crippen molar-refractivity contribution in [2.45, 2.75) is 18.3 Å². The Morgan fingerprint density at radius 3 is 2.73 bits per heavy atom. The summed E-state index contributed by atoms with van der Waals surface area (Å²) < 4.78 is 5.21. The van der Waals surface area contributed by atoms with Gasteiger partial charge in [0.25, 0.3) is 11.6 Å². The first-order chi connectivity index (χ1) is 12.4. The Labute approximate surface area is 154 Å². The average molecular weight is 382 g/mol. The second-order valence-electron chi connectivity index (χ2n) is 5.40. The molecule has 11 heteroatoms. The lowest BCUT2D eigenvalue weighted by Crippen LogP contribution is -2.33. The summed E-state index contributed by atoms with van der Waals surface area (Å²) in [5.41, 5.74) is 0.570. The van der Waals surface area contributed by atoms with E-state index in [0.29, 0.717) is 24.4 Å². The van der Waals surface area contributed by atoms with E-state index in [1.807, 2.05) is 0 Å². The molecule has 26 heavy (non-hydrogen) atoms. The third-order valence-electron chi connectivity index (χ3n) is 3.50. The summed E-state index contributed by atoms with van der Waals surface area (Å²) in [6.07, 6.45) is -0.245. The van der Waals surface area contributed by atoms with E-state index in [1.54, 1.807) is 0 Å². The van der Waals surface area contributed by atoms with Crippen molar-refractivity contribution in [1.82, 2.24) is 10.2 Å². The molecule has 1 atom stereocenters. The van der Waals surface area contributed by atoms with Crippen LogP contribution in [0.25, 0.3) is 0 Å². The van der Waals surface area contributed by atoms with Crippen LogP contribution in [0.15, 0.2) is 29.4 Å². The molecular formula is C15H18N4O6S. The summed E-state index contributed by atoms with van der Waals surface area (Å²) in [5, 5.41) is 16.7. The van der Waals surface area contributed by atoms with Gasteiger partial charge in [0.2, 0.25) is 0 Å². The van der Waals surface area contributed by atoms with E-state index in [-0.39, 0.29) is 30.1 Å². The van der Waals surface area contributed by atoms with Gasteiger partial charge in [-0.1, -0.05) is 5.16 Å². The Morgan fingerprint density at radius 1 is 1.42 bits per heavy atom. The molecule has 2 amide bonds. The van der Waals surface area contributed by atoms with Gasteiger partial charge >= 0.3 is 6.09 Å². The first-order valence-corrected chi connectivity index (χ1v) is 8.17. The molecule has 10 nitrogen and oxygen atoms in total. The van der Waals surface area contributed by atoms with E-state index in [2.05, 4.69) is 23.1 Å². The van der Waals surface area contributed by atoms with Crippen LogP contribution in [-0.2, 0) is 21.0 Å². The van der Waals surface area contributed by atoms with E-state index in [9.17, 15) is 19.7 Å². The zero-order chi connectivity index (χ0) is 19.1. The molecule has 1 heterocycles. The van der Waals surface area contributed by atoms with E-state index in [4.69, 9.17) is 9.57 Å². The highest BCUT2D eigenvalue weighted by Gasteiger charge is 2.32. The van der Waals surface area contributed by atoms with Crippen molar-refractivity contribution in [2.24, 2.45) is 5.16 Å². The van der Waals surface area contributed by atoms with Crippen molar-refractivity contribution >= 4 is 36.2 Å². The number of likely N-dealkylation sites (N-methyl/N-ethyl adjacent to an activating group) is 1. The number of carbonyl (C=O) groups is 2. The van der Waals surface area contributed by atoms with Crippen LogP contribution in [0.4, 0.5) is 10.5 Å². The molecule has 1 aromatic carbocycles. The number of benzene rings is 1. The van der Waals surface area contributed by atoms with Crippen LogP contribution in [0.1, 0.15) is 12.0 Å². The van der Waals surface area contributed by atoms with Gasteiger partial charge in [-0.3, -0.25) is 19.8 Å². The molecule has 1 aliphatic rings. The van der Waals surface area contributed by atoms with E-state index < -0.39 is 11.0 Å². The van der Waals surface area contributed by atoms with Crippen LogP contribution in [-0.4, -0.2) is 53.1 Å². The second-order valence-corrected chi connectivity index (χ2v) is 6.13. The predicted molar refractivity (Wildman–Crippen MR) is 94.8 cm³/mol. The molecule has 0 aliphatic carbocycles. The highest BCUT2D eigenvalue weighted by Crippen LogP contribution is 2.19. The fourth-order valence-electron chi connectivity index (χ4n) is 2.14. The lowest BCUT2D eigenvalue weighted by atomic mass is 10.2. The van der Waals surface area contributed by atoms with Gasteiger partial charge in [0, 0.05) is 37.4 Å². The summed E-state index contributed by atoms with van der Waals surface area (Å²) in [4.78, 5) is 39.7. The topological polar surface area (TPSA) is 123 Å². The van der Waals surface area contributed by atoms with Crippen molar-refractivity contribution < 1.29 is 24.1 Å². The smallest absolute Gasteiger partial charge is 0.415 e. The summed E-state index contributed by atoms with van der Waals surface area (Å²) in [7, 11) is 1.47. The number of carbonyl (C=O) groups excluding carboxylic acids is 2. The van der Waals surface area contributed by atoms with Crippen molar-refractivity contribution in [3.63, 3.8) is 0 Å². The highest BCUT2D eigenvalue weighted by atomic mass is 32.1. The summed E-state index contributed by atoms with van der Waals surface area (Å²) in [6, 6.07) is 5.70. The molecule has 1 aromatic rings. The normalized spacial score (nSPS) is 17.8. The molecule has 1 N–H and O–H groups in total. The van der Waals surface area contributed by atoms with Crippen LogP contribution in [0, 0.1) is 10.1 Å². The first kappa shape index (κ1) is 19.5. The van der Waals surface area contributed by atoms with Gasteiger partial charge < -0.3 is 14.9 Å². The van der Waals surface area contributed by atoms with Crippen LogP contribution in [0.2, 0.25) is 0 Å². The zero-order valence-corrected chi connectivity index (χ0v) is 14.8. The van der Waals surface area contributed by atoms with Gasteiger partial charge in [0.15, 0.2) is 12.4 Å². The fraction of sp³-hybridized carbons (Fsp3) is 0.400. The van der Waals surface area contributed by atoms with Crippen LogP contribution < -0.4 is 5.32 Å². The Balaban J connectivity index is 1.92. The number of hydrogen-bond donors (Lipinski definition) is 2. The summed E-state index contributed by atoms with van der Waals surface area (Å²) in [6.45, 7) is -0.00968. The maximum Gasteiger partial charge on any atom is 0.415 e. The molecule has 0 saturated carbocycles. The molecule has 0 radical (unpaired) electrons. The van der Waals surface area contributed by atoms with Gasteiger partial charge in [-0.2, -0.15) is 12.6 Å². The summed E-state index contributed by atoms with van der Waals surface area (Å²) in [5.74, 6) is -0.0235. The molecule has 1 unspecified atom stereocenters. The van der Waals surface area contributed by atoms with E-state index in [1.165, 1.54) is 36.2 Å². The molecule has 1 saturated heterocycles. The molecular weight excluding hydrogens is 364 g/mol. The molecule has 0 aromatic heterocycles. The SMILES string of the molecule is CNC(=O)CON=C1CC(S)CN1C(=O)OCc1ccc([N+](=O)[O-])cc1. The number of thiol groups is 1. The largest absolute Gasteiger partial charge is 0.444 e. The van der Waals surface area contributed by atoms with Gasteiger partial charge in [-0.05, 0) is 17.7 Å². The first-order valence-electron chi connectivity index (χ1n) is 7.65. The number of nitrogens with one attached hydrogen (secondary N) is 1. The van der Waals surface area contributed by atoms with Gasteiger partial charge in [0.05, 0.1) is 4.92 Å². The molecule has 0 spiro atoms. The minimum Gasteiger partial charge on any atom is -0.444 e. The number of likely N-dealkylation sites (tertiary alicyclic amines) is 1. The third-order valence-corrected chi connectivity index (χ3v) is 3.84. The molecule has 1 fully saturated rings. The molecule has 0 bridgehead atoms. The lowest BCUT2D eigenvalue weighted by molar-refractivity contribution is -0.384. The summed E-state index contributed by atoms with van der Waals surface area (Å²) >= 11 is 4.33. The average Bonchev–Trinajstić information content (AvgIpc) is 3.00. The fourth-order valence-corrected chi connectivity index (χ4v) is 2.47. The van der Waals surface area contributed by atoms with Crippen molar-refractivity contribution in [1.29, 1.82) is 0 Å². The number of nitrogens with zero attached hydrogens (tertiary/aromatic N) is 3. The quantitative estimate of drug-likeness (QED) is 0.434. The molecule has 2 rings (SSSR count). The number of non-ortho nitro benzene ring substituents is 1.